The van der Waals surface area contributed by atoms with Crippen molar-refractivity contribution < 1.29 is 9.53 Å². The first-order valence-corrected chi connectivity index (χ1v) is 8.39. The molecule has 2 aromatic carbocycles. The van der Waals surface area contributed by atoms with E-state index in [0.717, 1.165) is 11.3 Å². The first-order chi connectivity index (χ1) is 11.7. The van der Waals surface area contributed by atoms with E-state index in [4.69, 9.17) is 10.5 Å². The summed E-state index contributed by atoms with van der Waals surface area (Å²) in [5.74, 6) is 1.36. The van der Waals surface area contributed by atoms with E-state index < -0.39 is 0 Å². The second-order valence-electron chi connectivity index (χ2n) is 6.42. The molecule has 0 bridgehead atoms. The van der Waals surface area contributed by atoms with Crippen LogP contribution in [0.1, 0.15) is 17.0 Å². The van der Waals surface area contributed by atoms with Gasteiger partial charge in [-0.05, 0) is 42.6 Å². The number of nitrogens with zero attached hydrogens (tertiary/aromatic N) is 1. The Kier molecular flexibility index (Phi) is 6.85. The van der Waals surface area contributed by atoms with Crippen molar-refractivity contribution in [1.29, 1.82) is 0 Å². The van der Waals surface area contributed by atoms with E-state index in [-0.39, 0.29) is 24.9 Å². The quantitative estimate of drug-likeness (QED) is 0.891. The lowest BCUT2D eigenvalue weighted by molar-refractivity contribution is -0.132. The molecule has 3 rings (SSSR count). The molecule has 1 saturated heterocycles. The van der Waals surface area contributed by atoms with Gasteiger partial charge in [0, 0.05) is 19.0 Å². The van der Waals surface area contributed by atoms with E-state index in [2.05, 4.69) is 12.1 Å². The number of nitrogens with two attached hydrogens (primary N) is 1. The van der Waals surface area contributed by atoms with E-state index in [1.54, 1.807) is 0 Å². The van der Waals surface area contributed by atoms with Crippen molar-refractivity contribution in [3.63, 3.8) is 0 Å². The lowest BCUT2D eigenvalue weighted by atomic mass is 9.89. The molecule has 0 spiro atoms. The Morgan fingerprint density at radius 1 is 1.16 bits per heavy atom. The zero-order chi connectivity index (χ0) is 16.9. The van der Waals surface area contributed by atoms with E-state index in [1.165, 1.54) is 5.56 Å². The third-order valence-electron chi connectivity index (χ3n) is 4.68. The number of benzene rings is 2. The minimum Gasteiger partial charge on any atom is -0.484 e. The fraction of sp³-hybridized carbons (Fsp3) is 0.350. The predicted octanol–water partition coefficient (Wildman–Crippen LogP) is 3.00. The number of carbonyl (C=O) groups is 1. The van der Waals surface area contributed by atoms with E-state index in [1.807, 2.05) is 54.3 Å². The molecule has 0 aromatic heterocycles. The molecule has 1 aliphatic rings. The number of rotatable bonds is 5. The number of hydrogen-bond acceptors (Lipinski definition) is 3. The smallest absolute Gasteiger partial charge is 0.260 e. The average molecular weight is 361 g/mol. The molecule has 0 saturated carbocycles. The minimum absolute atomic E-state index is 0. The molecule has 134 valence electrons. The maximum Gasteiger partial charge on any atom is 0.260 e. The molecular formula is C20H25ClN2O2. The van der Waals surface area contributed by atoms with Gasteiger partial charge in [0.15, 0.2) is 6.61 Å². The van der Waals surface area contributed by atoms with Gasteiger partial charge in [-0.3, -0.25) is 4.79 Å². The van der Waals surface area contributed by atoms with Crippen LogP contribution in [-0.2, 0) is 4.79 Å². The van der Waals surface area contributed by atoms with Crippen LogP contribution in [0.5, 0.6) is 5.75 Å². The Balaban J connectivity index is 0.00000225. The van der Waals surface area contributed by atoms with Gasteiger partial charge in [-0.2, -0.15) is 0 Å². The van der Waals surface area contributed by atoms with E-state index >= 15 is 0 Å². The number of halogens is 1. The average Bonchev–Trinajstić information content (AvgIpc) is 3.05. The summed E-state index contributed by atoms with van der Waals surface area (Å²) in [5.41, 5.74) is 8.31. The first-order valence-electron chi connectivity index (χ1n) is 8.39. The van der Waals surface area contributed by atoms with Gasteiger partial charge in [-0.1, -0.05) is 42.5 Å². The summed E-state index contributed by atoms with van der Waals surface area (Å²) in [6.45, 7) is 4.07. The SMILES string of the molecule is Cc1cccc(OCC(=O)N2C[C@@H](CN)[C@H](c3ccccc3)C2)c1.Cl. The third-order valence-corrected chi connectivity index (χ3v) is 4.68. The lowest BCUT2D eigenvalue weighted by Gasteiger charge is -2.17. The maximum atomic E-state index is 12.5. The second kappa shape index (κ2) is 8.88. The van der Waals surface area contributed by atoms with E-state index in [0.29, 0.717) is 31.5 Å². The number of carbonyl (C=O) groups excluding carboxylic acids is 1. The molecule has 1 aliphatic heterocycles. The predicted molar refractivity (Wildman–Crippen MR) is 102 cm³/mol. The van der Waals surface area contributed by atoms with E-state index in [9.17, 15) is 4.79 Å². The molecule has 25 heavy (non-hydrogen) atoms. The van der Waals surface area contributed by atoms with Crippen LogP contribution in [0, 0.1) is 12.8 Å². The molecule has 1 amide bonds. The summed E-state index contributed by atoms with van der Waals surface area (Å²) in [6.07, 6.45) is 0. The van der Waals surface area contributed by atoms with Crippen molar-refractivity contribution in [1.82, 2.24) is 4.90 Å². The lowest BCUT2D eigenvalue weighted by Crippen LogP contribution is -2.33. The van der Waals surface area contributed by atoms with Crippen LogP contribution in [0.2, 0.25) is 0 Å². The minimum atomic E-state index is 0. The molecular weight excluding hydrogens is 336 g/mol. The van der Waals surface area contributed by atoms with Gasteiger partial charge in [-0.25, -0.2) is 0 Å². The molecule has 2 aromatic rings. The van der Waals surface area contributed by atoms with Crippen molar-refractivity contribution in [3.05, 3.63) is 65.7 Å². The summed E-state index contributed by atoms with van der Waals surface area (Å²) < 4.78 is 5.65. The summed E-state index contributed by atoms with van der Waals surface area (Å²) in [6, 6.07) is 18.1. The largest absolute Gasteiger partial charge is 0.484 e. The molecule has 0 unspecified atom stereocenters. The third kappa shape index (κ3) is 4.74. The topological polar surface area (TPSA) is 55.6 Å². The van der Waals surface area contributed by atoms with Gasteiger partial charge in [0.2, 0.25) is 0 Å². The number of ether oxygens (including phenoxy) is 1. The standard InChI is InChI=1S/C20H24N2O2.ClH/c1-15-6-5-9-18(10-15)24-14-20(23)22-12-17(11-21)19(13-22)16-7-3-2-4-8-16;/h2-10,17,19H,11-14,21H2,1H3;1H/t17-,19+;/m1./s1. The highest BCUT2D eigenvalue weighted by Crippen LogP contribution is 2.32. The highest BCUT2D eigenvalue weighted by atomic mass is 35.5. The number of amides is 1. The van der Waals surface area contributed by atoms with Crippen molar-refractivity contribution in [2.45, 2.75) is 12.8 Å². The van der Waals surface area contributed by atoms with Crippen LogP contribution >= 0.6 is 12.4 Å². The van der Waals surface area contributed by atoms with Gasteiger partial charge >= 0.3 is 0 Å². The van der Waals surface area contributed by atoms with Crippen LogP contribution in [0.25, 0.3) is 0 Å². The van der Waals surface area contributed by atoms with Crippen LogP contribution in [-0.4, -0.2) is 37.0 Å². The Hall–Kier alpha value is -2.04. The van der Waals surface area contributed by atoms with Crippen molar-refractivity contribution in [2.75, 3.05) is 26.2 Å². The Morgan fingerprint density at radius 3 is 2.60 bits per heavy atom. The molecule has 2 N–H and O–H groups in total. The first kappa shape index (κ1) is 19.3. The van der Waals surface area contributed by atoms with Gasteiger partial charge in [0.05, 0.1) is 0 Å². The normalized spacial score (nSPS) is 19.4. The monoisotopic (exact) mass is 360 g/mol. The van der Waals surface area contributed by atoms with Crippen LogP contribution in [0.15, 0.2) is 54.6 Å². The molecule has 0 aliphatic carbocycles. The van der Waals surface area contributed by atoms with Gasteiger partial charge in [-0.15, -0.1) is 12.4 Å². The maximum absolute atomic E-state index is 12.5. The fourth-order valence-electron chi connectivity index (χ4n) is 3.33. The van der Waals surface area contributed by atoms with Gasteiger partial charge in [0.1, 0.15) is 5.75 Å². The number of hydrogen-bond donors (Lipinski definition) is 1. The molecule has 2 atom stereocenters. The summed E-state index contributed by atoms with van der Waals surface area (Å²) in [4.78, 5) is 14.4. The molecule has 5 heteroatoms. The summed E-state index contributed by atoms with van der Waals surface area (Å²) in [7, 11) is 0. The highest BCUT2D eigenvalue weighted by Gasteiger charge is 2.35. The van der Waals surface area contributed by atoms with Gasteiger partial charge in [0.25, 0.3) is 5.91 Å². The Labute approximate surface area is 155 Å². The zero-order valence-electron chi connectivity index (χ0n) is 14.4. The van der Waals surface area contributed by atoms with Crippen LogP contribution in [0.3, 0.4) is 0 Å². The Bertz CT molecular complexity index is 693. The molecule has 4 nitrogen and oxygen atoms in total. The second-order valence-corrected chi connectivity index (χ2v) is 6.42. The van der Waals surface area contributed by atoms with Crippen LogP contribution in [0.4, 0.5) is 0 Å². The summed E-state index contributed by atoms with van der Waals surface area (Å²) in [5, 5.41) is 0. The summed E-state index contributed by atoms with van der Waals surface area (Å²) >= 11 is 0. The number of aryl methyl sites for hydroxylation is 1. The van der Waals surface area contributed by atoms with Crippen LogP contribution < -0.4 is 10.5 Å². The molecule has 0 radical (unpaired) electrons. The van der Waals surface area contributed by atoms with Crippen molar-refractivity contribution >= 4 is 18.3 Å². The van der Waals surface area contributed by atoms with Gasteiger partial charge < -0.3 is 15.4 Å². The fourth-order valence-corrected chi connectivity index (χ4v) is 3.33. The zero-order valence-corrected chi connectivity index (χ0v) is 15.2. The van der Waals surface area contributed by atoms with Crippen molar-refractivity contribution in [3.8, 4) is 5.75 Å². The highest BCUT2D eigenvalue weighted by molar-refractivity contribution is 5.85. The number of likely N-dealkylation sites (tertiary alicyclic amines) is 1. The molecule has 1 fully saturated rings. The van der Waals surface area contributed by atoms with Crippen molar-refractivity contribution in [2.24, 2.45) is 11.7 Å². The molecule has 1 heterocycles. The Morgan fingerprint density at radius 2 is 1.92 bits per heavy atom.